The van der Waals surface area contributed by atoms with Crippen molar-refractivity contribution in [2.45, 2.75) is 36.1 Å². The van der Waals surface area contributed by atoms with Gasteiger partial charge in [0.15, 0.2) is 0 Å². The highest BCUT2D eigenvalue weighted by molar-refractivity contribution is 9.10. The minimum atomic E-state index is -3.46. The largest absolute Gasteiger partial charge is 0.378 e. The topological polar surface area (TPSA) is 58.2 Å². The second-order valence-corrected chi connectivity index (χ2v) is 10.8. The fourth-order valence-electron chi connectivity index (χ4n) is 4.37. The molecule has 2 aromatic rings. The first-order valence-electron chi connectivity index (χ1n) is 9.83. The molecule has 2 aromatic carbocycles. The van der Waals surface area contributed by atoms with E-state index in [0.29, 0.717) is 23.3 Å². The van der Waals surface area contributed by atoms with E-state index in [0.717, 1.165) is 35.0 Å². The molecule has 1 heterocycles. The SMILES string of the molecule is O=S(=O)(NCC1CC1)c1ccc2c(c1)[C@H]1C=CC[C@H]1[C@@H](c1ccc(Br)cc1)N2. The van der Waals surface area contributed by atoms with Gasteiger partial charge in [-0.1, -0.05) is 40.2 Å². The quantitative estimate of drug-likeness (QED) is 0.622. The Kier molecular flexibility index (Phi) is 4.61. The lowest BCUT2D eigenvalue weighted by atomic mass is 9.77. The first kappa shape index (κ1) is 18.4. The summed E-state index contributed by atoms with van der Waals surface area (Å²) >= 11 is 3.51. The fourth-order valence-corrected chi connectivity index (χ4v) is 5.79. The van der Waals surface area contributed by atoms with Crippen LogP contribution in [0.3, 0.4) is 0 Å². The van der Waals surface area contributed by atoms with E-state index in [2.05, 4.69) is 62.4 Å². The summed E-state index contributed by atoms with van der Waals surface area (Å²) in [4.78, 5) is 0.370. The van der Waals surface area contributed by atoms with Crippen LogP contribution in [0.2, 0.25) is 0 Å². The molecule has 0 spiro atoms. The second kappa shape index (κ2) is 7.01. The summed E-state index contributed by atoms with van der Waals surface area (Å²) in [6.45, 7) is 0.551. The Morgan fingerprint density at radius 3 is 2.64 bits per heavy atom. The average molecular weight is 459 g/mol. The minimum absolute atomic E-state index is 0.219. The van der Waals surface area contributed by atoms with Crippen LogP contribution in [0, 0.1) is 11.8 Å². The van der Waals surface area contributed by atoms with Gasteiger partial charge in [-0.2, -0.15) is 0 Å². The molecule has 0 radical (unpaired) electrons. The molecule has 3 atom stereocenters. The molecule has 1 aliphatic heterocycles. The van der Waals surface area contributed by atoms with Crippen molar-refractivity contribution in [2.75, 3.05) is 11.9 Å². The molecule has 2 aliphatic carbocycles. The van der Waals surface area contributed by atoms with Crippen molar-refractivity contribution in [3.05, 3.63) is 70.2 Å². The zero-order valence-electron chi connectivity index (χ0n) is 15.4. The summed E-state index contributed by atoms with van der Waals surface area (Å²) in [7, 11) is -3.46. The maximum Gasteiger partial charge on any atom is 0.240 e. The zero-order valence-corrected chi connectivity index (χ0v) is 17.8. The van der Waals surface area contributed by atoms with Gasteiger partial charge in [-0.05, 0) is 72.6 Å². The van der Waals surface area contributed by atoms with Gasteiger partial charge in [0, 0.05) is 22.6 Å². The van der Waals surface area contributed by atoms with Crippen molar-refractivity contribution < 1.29 is 8.42 Å². The molecule has 6 heteroatoms. The first-order valence-corrected chi connectivity index (χ1v) is 12.1. The summed E-state index contributed by atoms with van der Waals surface area (Å²) in [5, 5.41) is 3.67. The molecular weight excluding hydrogens is 436 g/mol. The van der Waals surface area contributed by atoms with Crippen LogP contribution in [0.15, 0.2) is 64.0 Å². The van der Waals surface area contributed by atoms with Crippen molar-refractivity contribution in [1.82, 2.24) is 4.72 Å². The van der Waals surface area contributed by atoms with Crippen LogP contribution >= 0.6 is 15.9 Å². The molecule has 0 aromatic heterocycles. The Morgan fingerprint density at radius 1 is 1.11 bits per heavy atom. The summed E-state index contributed by atoms with van der Waals surface area (Å²) in [6.07, 6.45) is 7.72. The van der Waals surface area contributed by atoms with Crippen molar-refractivity contribution >= 4 is 31.6 Å². The predicted octanol–water partition coefficient (Wildman–Crippen LogP) is 4.96. The smallest absolute Gasteiger partial charge is 0.240 e. The second-order valence-electron chi connectivity index (χ2n) is 8.07. The van der Waals surface area contributed by atoms with E-state index in [1.54, 1.807) is 6.07 Å². The van der Waals surface area contributed by atoms with E-state index >= 15 is 0 Å². The van der Waals surface area contributed by atoms with Crippen LogP contribution in [-0.4, -0.2) is 15.0 Å². The summed E-state index contributed by atoms with van der Waals surface area (Å²) in [5.41, 5.74) is 3.37. The summed E-state index contributed by atoms with van der Waals surface area (Å²) in [6, 6.07) is 14.2. The number of benzene rings is 2. The number of rotatable bonds is 5. The van der Waals surface area contributed by atoms with Crippen LogP contribution in [0.4, 0.5) is 5.69 Å². The lowest BCUT2D eigenvalue weighted by Gasteiger charge is -2.37. The van der Waals surface area contributed by atoms with E-state index < -0.39 is 10.0 Å². The number of nitrogens with one attached hydrogen (secondary N) is 2. The van der Waals surface area contributed by atoms with Crippen molar-refractivity contribution in [3.8, 4) is 0 Å². The number of hydrogen-bond acceptors (Lipinski definition) is 3. The molecule has 0 bridgehead atoms. The maximum absolute atomic E-state index is 12.7. The predicted molar refractivity (Wildman–Crippen MR) is 115 cm³/mol. The van der Waals surface area contributed by atoms with Crippen molar-refractivity contribution in [1.29, 1.82) is 0 Å². The molecular formula is C22H23BrN2O2S. The van der Waals surface area contributed by atoms with Crippen LogP contribution in [0.25, 0.3) is 0 Å². The number of anilines is 1. The molecule has 28 heavy (non-hydrogen) atoms. The highest BCUT2D eigenvalue weighted by atomic mass is 79.9. The Morgan fingerprint density at radius 2 is 1.89 bits per heavy atom. The Hall–Kier alpha value is -1.63. The average Bonchev–Trinajstić information content (AvgIpc) is 3.40. The van der Waals surface area contributed by atoms with Gasteiger partial charge < -0.3 is 5.32 Å². The van der Waals surface area contributed by atoms with Crippen LogP contribution < -0.4 is 10.0 Å². The summed E-state index contributed by atoms with van der Waals surface area (Å²) < 4.78 is 29.3. The minimum Gasteiger partial charge on any atom is -0.378 e. The monoisotopic (exact) mass is 458 g/mol. The lowest BCUT2D eigenvalue weighted by molar-refractivity contribution is 0.425. The van der Waals surface area contributed by atoms with Crippen LogP contribution in [0.5, 0.6) is 0 Å². The molecule has 4 nitrogen and oxygen atoms in total. The first-order chi connectivity index (χ1) is 13.5. The molecule has 5 rings (SSSR count). The molecule has 2 N–H and O–H groups in total. The van der Waals surface area contributed by atoms with E-state index in [1.807, 2.05) is 12.1 Å². The van der Waals surface area contributed by atoms with Crippen LogP contribution in [0.1, 0.15) is 42.3 Å². The van der Waals surface area contributed by atoms with Gasteiger partial charge in [-0.3, -0.25) is 0 Å². The third-order valence-electron chi connectivity index (χ3n) is 6.13. The van der Waals surface area contributed by atoms with Gasteiger partial charge >= 0.3 is 0 Å². The van der Waals surface area contributed by atoms with E-state index in [4.69, 9.17) is 0 Å². The number of sulfonamides is 1. The zero-order chi connectivity index (χ0) is 19.3. The van der Waals surface area contributed by atoms with E-state index in [-0.39, 0.29) is 12.0 Å². The fraction of sp³-hybridized carbons (Fsp3) is 0.364. The van der Waals surface area contributed by atoms with Crippen molar-refractivity contribution in [2.24, 2.45) is 11.8 Å². The highest BCUT2D eigenvalue weighted by Gasteiger charge is 2.38. The maximum atomic E-state index is 12.7. The van der Waals surface area contributed by atoms with Gasteiger partial charge in [-0.15, -0.1) is 0 Å². The van der Waals surface area contributed by atoms with E-state index in [1.165, 1.54) is 5.56 Å². The lowest BCUT2D eigenvalue weighted by Crippen LogP contribution is -2.30. The number of halogens is 1. The molecule has 0 amide bonds. The Balaban J connectivity index is 1.47. The molecule has 146 valence electrons. The van der Waals surface area contributed by atoms with Gasteiger partial charge in [-0.25, -0.2) is 13.1 Å². The third kappa shape index (κ3) is 3.42. The molecule has 1 saturated carbocycles. The van der Waals surface area contributed by atoms with Crippen molar-refractivity contribution in [3.63, 3.8) is 0 Å². The van der Waals surface area contributed by atoms with Crippen LogP contribution in [-0.2, 0) is 10.0 Å². The Labute approximate surface area is 174 Å². The standard InChI is InChI=1S/C22H23BrN2O2S/c23-16-8-6-15(7-9-16)22-19-3-1-2-18(19)20-12-17(10-11-21(20)25-22)28(26,27)24-13-14-4-5-14/h1-2,6-12,14,18-19,22,24-25H,3-5,13H2/t18-,19+,22+/m0/s1. The number of hydrogen-bond donors (Lipinski definition) is 2. The number of fused-ring (bicyclic) bond motifs is 3. The number of allylic oxidation sites excluding steroid dienone is 2. The third-order valence-corrected chi connectivity index (χ3v) is 8.08. The molecule has 1 fully saturated rings. The molecule has 0 unspecified atom stereocenters. The van der Waals surface area contributed by atoms with Gasteiger partial charge in [0.05, 0.1) is 10.9 Å². The Bertz CT molecular complexity index is 1030. The summed E-state index contributed by atoms with van der Waals surface area (Å²) in [5.74, 6) is 1.15. The van der Waals surface area contributed by atoms with Gasteiger partial charge in [0.2, 0.25) is 10.0 Å². The van der Waals surface area contributed by atoms with Gasteiger partial charge in [0.25, 0.3) is 0 Å². The highest BCUT2D eigenvalue weighted by Crippen LogP contribution is 2.50. The molecule has 3 aliphatic rings. The normalized spacial score (nSPS) is 25.8. The van der Waals surface area contributed by atoms with Gasteiger partial charge in [0.1, 0.15) is 0 Å². The molecule has 0 saturated heterocycles. The van der Waals surface area contributed by atoms with E-state index in [9.17, 15) is 8.42 Å².